The quantitative estimate of drug-likeness (QED) is 0.157. The van der Waals surface area contributed by atoms with E-state index in [1.165, 1.54) is 11.9 Å². The van der Waals surface area contributed by atoms with Gasteiger partial charge in [-0.1, -0.05) is 24.3 Å². The molecule has 0 fully saturated rings. The van der Waals surface area contributed by atoms with E-state index < -0.39 is 0 Å². The monoisotopic (exact) mass is 566 g/mol. The number of rotatable bonds is 10. The van der Waals surface area contributed by atoms with Gasteiger partial charge in [-0.3, -0.25) is 4.79 Å². The molecule has 0 aliphatic rings. The van der Waals surface area contributed by atoms with E-state index in [4.69, 9.17) is 19.4 Å². The molecule has 0 aliphatic heterocycles. The van der Waals surface area contributed by atoms with Crippen molar-refractivity contribution >= 4 is 57.6 Å². The van der Waals surface area contributed by atoms with Crippen molar-refractivity contribution in [2.75, 3.05) is 48.6 Å². The molecule has 0 aliphatic carbocycles. The first kappa shape index (κ1) is 27.6. The lowest BCUT2D eigenvalue weighted by atomic mass is 10.1. The fraction of sp³-hybridized carbons (Fsp3) is 0.129. The lowest BCUT2D eigenvalue weighted by Gasteiger charge is -2.15. The highest BCUT2D eigenvalue weighted by Gasteiger charge is 2.13. The average molecular weight is 567 g/mol. The zero-order valence-corrected chi connectivity index (χ0v) is 24.0. The number of para-hydroxylation sites is 2. The fourth-order valence-electron chi connectivity index (χ4n) is 4.05. The third-order valence-corrected chi connectivity index (χ3v) is 6.95. The van der Waals surface area contributed by atoms with E-state index in [2.05, 4.69) is 15.4 Å². The number of hydrogen-bond donors (Lipinski definition) is 3. The minimum absolute atomic E-state index is 0.176. The Labute approximate surface area is 243 Å². The van der Waals surface area contributed by atoms with Crippen LogP contribution in [0.1, 0.15) is 10.4 Å². The number of nitrogens with zero attached hydrogens (tertiary/aromatic N) is 3. The molecule has 1 amide bonds. The third-order valence-electron chi connectivity index (χ3n) is 6.17. The molecule has 0 spiro atoms. The van der Waals surface area contributed by atoms with Gasteiger partial charge in [-0.25, -0.2) is 9.97 Å². The van der Waals surface area contributed by atoms with Gasteiger partial charge in [0, 0.05) is 59.8 Å². The average Bonchev–Trinajstić information content (AvgIpc) is 3.00. The molecule has 9 nitrogen and oxygen atoms in total. The fourth-order valence-corrected chi connectivity index (χ4v) is 4.74. The summed E-state index contributed by atoms with van der Waals surface area (Å²) < 4.78 is 14.2. The van der Waals surface area contributed by atoms with Crippen LogP contribution in [-0.4, -0.2) is 44.2 Å². The topological polar surface area (TPSA) is 101 Å². The van der Waals surface area contributed by atoms with E-state index in [9.17, 15) is 4.79 Å². The third kappa shape index (κ3) is 6.79. The summed E-state index contributed by atoms with van der Waals surface area (Å²) in [4.78, 5) is 25.4. The summed E-state index contributed by atoms with van der Waals surface area (Å²) in [6.45, 7) is 0. The highest BCUT2D eigenvalue weighted by Crippen LogP contribution is 2.33. The van der Waals surface area contributed by atoms with Crippen LogP contribution in [0.25, 0.3) is 11.0 Å². The van der Waals surface area contributed by atoms with E-state index in [1.807, 2.05) is 97.9 Å². The molecule has 0 bridgehead atoms. The maximum atomic E-state index is 12.9. The summed E-state index contributed by atoms with van der Waals surface area (Å²) in [6.07, 6.45) is 0. The Morgan fingerprint density at radius 2 is 1.44 bits per heavy atom. The Bertz CT molecular complexity index is 1670. The molecule has 5 aromatic rings. The Balaban J connectivity index is 1.36. The van der Waals surface area contributed by atoms with E-state index in [-0.39, 0.29) is 5.91 Å². The number of methoxy groups -OCH3 is 2. The first-order chi connectivity index (χ1) is 19.9. The van der Waals surface area contributed by atoms with Crippen LogP contribution in [0.15, 0.2) is 95.9 Å². The Hall–Kier alpha value is -4.96. The van der Waals surface area contributed by atoms with Gasteiger partial charge in [-0.05, 0) is 60.5 Å². The van der Waals surface area contributed by atoms with Gasteiger partial charge in [0.1, 0.15) is 11.5 Å². The lowest BCUT2D eigenvalue weighted by molar-refractivity contribution is 0.102. The van der Waals surface area contributed by atoms with Gasteiger partial charge >= 0.3 is 0 Å². The van der Waals surface area contributed by atoms with Crippen LogP contribution >= 0.6 is 11.9 Å². The minimum Gasteiger partial charge on any atom is -0.497 e. The first-order valence-corrected chi connectivity index (χ1v) is 13.6. The first-order valence-electron chi connectivity index (χ1n) is 12.8. The lowest BCUT2D eigenvalue weighted by Crippen LogP contribution is -2.14. The summed E-state index contributed by atoms with van der Waals surface area (Å²) in [5, 5.41) is 6.34. The standard InChI is InChI=1S/C31H30N6O3S/c1-37(2)23-11-7-9-20(15-23)31(38)33-21-10-8-12-26(18-21)41-36-30-29(34-27-13-5-6-14-28(27)35-30)32-22-16-24(39-3)19-25(17-22)40-4/h5-19H,1-4H3,(H,32,34)(H,33,38)(H,35,36). The van der Waals surface area contributed by atoms with Gasteiger partial charge in [0.2, 0.25) is 0 Å². The molecule has 0 saturated heterocycles. The van der Waals surface area contributed by atoms with Crippen LogP contribution in [0.3, 0.4) is 0 Å². The highest BCUT2D eigenvalue weighted by molar-refractivity contribution is 8.00. The molecule has 4 aromatic carbocycles. The van der Waals surface area contributed by atoms with E-state index in [1.54, 1.807) is 26.4 Å². The maximum absolute atomic E-state index is 12.9. The van der Waals surface area contributed by atoms with Gasteiger partial charge < -0.3 is 29.7 Å². The largest absolute Gasteiger partial charge is 0.497 e. The second kappa shape index (κ2) is 12.5. The molecule has 0 unspecified atom stereocenters. The van der Waals surface area contributed by atoms with Crippen molar-refractivity contribution in [3.8, 4) is 11.5 Å². The molecule has 1 heterocycles. The zero-order chi connectivity index (χ0) is 28.8. The normalized spacial score (nSPS) is 10.6. The number of carbonyl (C=O) groups is 1. The second-order valence-corrected chi connectivity index (χ2v) is 10.1. The van der Waals surface area contributed by atoms with E-state index in [0.29, 0.717) is 34.4 Å². The molecule has 5 rings (SSSR count). The SMILES string of the molecule is COc1cc(Nc2nc3ccccc3nc2NSc2cccc(NC(=O)c3cccc(N(C)C)c3)c2)cc(OC)c1. The molecule has 3 N–H and O–H groups in total. The summed E-state index contributed by atoms with van der Waals surface area (Å²) in [5.74, 6) is 2.21. The number of benzene rings is 4. The Morgan fingerprint density at radius 3 is 2.12 bits per heavy atom. The number of aromatic nitrogens is 2. The van der Waals surface area contributed by atoms with Gasteiger partial charge in [-0.15, -0.1) is 0 Å². The van der Waals surface area contributed by atoms with Crippen LogP contribution in [-0.2, 0) is 0 Å². The number of anilines is 5. The number of carbonyl (C=O) groups excluding carboxylic acids is 1. The molecule has 41 heavy (non-hydrogen) atoms. The summed E-state index contributed by atoms with van der Waals surface area (Å²) in [5.41, 5.74) is 4.47. The number of amides is 1. The van der Waals surface area contributed by atoms with Crippen molar-refractivity contribution in [1.29, 1.82) is 0 Å². The van der Waals surface area contributed by atoms with Crippen LogP contribution in [0, 0.1) is 0 Å². The van der Waals surface area contributed by atoms with Gasteiger partial charge in [0.15, 0.2) is 11.6 Å². The van der Waals surface area contributed by atoms with Crippen molar-refractivity contribution in [3.05, 3.63) is 96.6 Å². The molecule has 1 aromatic heterocycles. The van der Waals surface area contributed by atoms with Crippen LogP contribution in [0.4, 0.5) is 28.7 Å². The Morgan fingerprint density at radius 1 is 0.756 bits per heavy atom. The maximum Gasteiger partial charge on any atom is 0.255 e. The van der Waals surface area contributed by atoms with Crippen LogP contribution in [0.5, 0.6) is 11.5 Å². The van der Waals surface area contributed by atoms with Gasteiger partial charge in [-0.2, -0.15) is 0 Å². The van der Waals surface area contributed by atoms with Crippen LogP contribution in [0.2, 0.25) is 0 Å². The zero-order valence-electron chi connectivity index (χ0n) is 23.1. The molecule has 0 saturated carbocycles. The smallest absolute Gasteiger partial charge is 0.255 e. The molecule has 0 radical (unpaired) electrons. The predicted octanol–water partition coefficient (Wildman–Crippen LogP) is 6.83. The van der Waals surface area contributed by atoms with Crippen molar-refractivity contribution < 1.29 is 14.3 Å². The Kier molecular flexibility index (Phi) is 8.40. The van der Waals surface area contributed by atoms with Crippen LogP contribution < -0.4 is 29.7 Å². The van der Waals surface area contributed by atoms with Crippen molar-refractivity contribution in [1.82, 2.24) is 9.97 Å². The number of fused-ring (bicyclic) bond motifs is 1. The molecule has 10 heteroatoms. The predicted molar refractivity (Wildman–Crippen MR) is 167 cm³/mol. The van der Waals surface area contributed by atoms with Gasteiger partial charge in [0.25, 0.3) is 5.91 Å². The van der Waals surface area contributed by atoms with Crippen molar-refractivity contribution in [3.63, 3.8) is 0 Å². The van der Waals surface area contributed by atoms with Crippen molar-refractivity contribution in [2.45, 2.75) is 4.90 Å². The number of hydrogen-bond acceptors (Lipinski definition) is 9. The highest BCUT2D eigenvalue weighted by atomic mass is 32.2. The van der Waals surface area contributed by atoms with E-state index >= 15 is 0 Å². The molecular formula is C31H30N6O3S. The van der Waals surface area contributed by atoms with Gasteiger partial charge in [0.05, 0.1) is 25.3 Å². The number of ether oxygens (including phenoxy) is 2. The summed E-state index contributed by atoms with van der Waals surface area (Å²) in [7, 11) is 7.10. The van der Waals surface area contributed by atoms with Crippen molar-refractivity contribution in [2.24, 2.45) is 0 Å². The summed E-state index contributed by atoms with van der Waals surface area (Å²) in [6, 6.07) is 28.3. The molecule has 0 atom stereocenters. The second-order valence-electron chi connectivity index (χ2n) is 9.27. The van der Waals surface area contributed by atoms with E-state index in [0.717, 1.165) is 27.3 Å². The number of nitrogens with one attached hydrogen (secondary N) is 3. The minimum atomic E-state index is -0.176. The molecular weight excluding hydrogens is 536 g/mol. The summed E-state index contributed by atoms with van der Waals surface area (Å²) >= 11 is 1.37. The molecule has 208 valence electrons.